The zero-order valence-electron chi connectivity index (χ0n) is 14.9. The van der Waals surface area contributed by atoms with E-state index in [1.165, 1.54) is 11.3 Å². The van der Waals surface area contributed by atoms with Crippen LogP contribution in [0.15, 0.2) is 0 Å². The van der Waals surface area contributed by atoms with E-state index in [0.717, 1.165) is 49.5 Å². The number of fused-ring (bicyclic) bond motifs is 1. The molecule has 0 aromatic carbocycles. The normalized spacial score (nSPS) is 16.0. The summed E-state index contributed by atoms with van der Waals surface area (Å²) in [5.74, 6) is -1.91. The fourth-order valence-corrected chi connectivity index (χ4v) is 4.00. The van der Waals surface area contributed by atoms with Crippen LogP contribution in [-0.4, -0.2) is 46.9 Å². The van der Waals surface area contributed by atoms with Gasteiger partial charge in [-0.2, -0.15) is 0 Å². The molecule has 0 fully saturated rings. The minimum Gasteiger partial charge on any atom is -0.479 e. The van der Waals surface area contributed by atoms with Crippen molar-refractivity contribution in [3.63, 3.8) is 0 Å². The summed E-state index contributed by atoms with van der Waals surface area (Å²) in [5.41, 5.74) is -0.763. The second-order valence-corrected chi connectivity index (χ2v) is 7.48. The van der Waals surface area contributed by atoms with Crippen LogP contribution in [0.3, 0.4) is 0 Å². The van der Waals surface area contributed by atoms with Gasteiger partial charge in [-0.15, -0.1) is 11.3 Å². The number of anilines is 1. The molecule has 1 aliphatic carbocycles. The summed E-state index contributed by atoms with van der Waals surface area (Å²) < 4.78 is 5.14. The number of hydrogen-bond acceptors (Lipinski definition) is 6. The van der Waals surface area contributed by atoms with E-state index in [2.05, 4.69) is 10.6 Å². The van der Waals surface area contributed by atoms with Crippen molar-refractivity contribution in [2.45, 2.75) is 51.6 Å². The van der Waals surface area contributed by atoms with Crippen LogP contribution in [0.1, 0.15) is 53.9 Å². The van der Waals surface area contributed by atoms with Crippen LogP contribution in [0, 0.1) is 0 Å². The van der Waals surface area contributed by atoms with Crippen molar-refractivity contribution in [1.82, 2.24) is 5.32 Å². The van der Waals surface area contributed by atoms with Gasteiger partial charge in [0.2, 0.25) is 0 Å². The number of esters is 1. The Balaban J connectivity index is 2.18. The van der Waals surface area contributed by atoms with E-state index in [4.69, 9.17) is 9.84 Å². The molecule has 0 saturated heterocycles. The molecule has 1 heterocycles. The third kappa shape index (κ3) is 4.73. The maximum atomic E-state index is 12.4. The molecule has 9 heteroatoms. The first kappa shape index (κ1) is 20.2. The molecule has 1 atom stereocenters. The first-order valence-corrected chi connectivity index (χ1v) is 9.40. The van der Waals surface area contributed by atoms with Crippen molar-refractivity contribution < 1.29 is 29.3 Å². The van der Waals surface area contributed by atoms with Gasteiger partial charge in [-0.05, 0) is 45.1 Å². The average molecular weight is 384 g/mol. The number of aliphatic carboxylic acids is 1. The molecule has 144 valence electrons. The van der Waals surface area contributed by atoms with Crippen LogP contribution < -0.4 is 10.6 Å². The van der Waals surface area contributed by atoms with Crippen molar-refractivity contribution in [2.24, 2.45) is 0 Å². The summed E-state index contributed by atoms with van der Waals surface area (Å²) >= 11 is 1.35. The maximum Gasteiger partial charge on any atom is 0.341 e. The van der Waals surface area contributed by atoms with Gasteiger partial charge in [0, 0.05) is 4.88 Å². The Kier molecular flexibility index (Phi) is 6.60. The molecule has 26 heavy (non-hydrogen) atoms. The molecule has 1 unspecified atom stereocenters. The van der Waals surface area contributed by atoms with Crippen molar-refractivity contribution in [3.05, 3.63) is 16.0 Å². The number of carboxylic acids is 1. The summed E-state index contributed by atoms with van der Waals surface area (Å²) in [5, 5.41) is 23.9. The molecule has 0 spiro atoms. The lowest BCUT2D eigenvalue weighted by molar-refractivity contribution is -0.155. The summed E-state index contributed by atoms with van der Waals surface area (Å²) in [6.45, 7) is 2.58. The maximum absolute atomic E-state index is 12.4. The zero-order valence-corrected chi connectivity index (χ0v) is 15.7. The van der Waals surface area contributed by atoms with Gasteiger partial charge >= 0.3 is 18.0 Å². The summed E-state index contributed by atoms with van der Waals surface area (Å²) in [4.78, 5) is 36.5. The quantitative estimate of drug-likeness (QED) is 0.440. The lowest BCUT2D eigenvalue weighted by Crippen LogP contribution is -2.47. The Hall–Kier alpha value is -2.13. The molecule has 8 nitrogen and oxygen atoms in total. The van der Waals surface area contributed by atoms with E-state index in [1.807, 2.05) is 0 Å². The molecule has 0 saturated carbocycles. The average Bonchev–Trinajstić information content (AvgIpc) is 2.74. The topological polar surface area (TPSA) is 125 Å². The zero-order chi connectivity index (χ0) is 19.3. The minimum absolute atomic E-state index is 0.233. The number of urea groups is 1. The highest BCUT2D eigenvalue weighted by atomic mass is 32.1. The number of thiophene rings is 1. The minimum atomic E-state index is -2.08. The van der Waals surface area contributed by atoms with Crippen LogP contribution in [-0.2, 0) is 22.4 Å². The Bertz CT molecular complexity index is 698. The monoisotopic (exact) mass is 384 g/mol. The predicted molar refractivity (Wildman–Crippen MR) is 96.8 cm³/mol. The fraction of sp³-hybridized carbons (Fsp3) is 0.588. The number of carbonyl (C=O) groups excluding carboxylic acids is 2. The SMILES string of the molecule is CCOC(=O)c1c(NC(=O)NCC(C)(O)C(=O)O)sc2c1CCCCC2. The number of rotatable bonds is 6. The summed E-state index contributed by atoms with van der Waals surface area (Å²) in [7, 11) is 0. The number of carbonyl (C=O) groups is 3. The smallest absolute Gasteiger partial charge is 0.341 e. The standard InChI is InChI=1S/C17H24N2O6S/c1-3-25-14(20)12-10-7-5-4-6-8-11(10)26-13(12)19-16(23)18-9-17(2,24)15(21)22/h24H,3-9H2,1-2H3,(H,21,22)(H2,18,19,23). The number of aliphatic hydroxyl groups is 1. The van der Waals surface area contributed by atoms with E-state index >= 15 is 0 Å². The van der Waals surface area contributed by atoms with Crippen LogP contribution in [0.5, 0.6) is 0 Å². The van der Waals surface area contributed by atoms with Crippen molar-refractivity contribution in [2.75, 3.05) is 18.5 Å². The molecular weight excluding hydrogens is 360 g/mol. The summed E-state index contributed by atoms with van der Waals surface area (Å²) in [6, 6.07) is -0.687. The second kappa shape index (κ2) is 8.50. The highest BCUT2D eigenvalue weighted by Gasteiger charge is 2.31. The molecule has 1 aliphatic rings. The molecule has 1 aromatic heterocycles. The number of ether oxygens (including phenoxy) is 1. The van der Waals surface area contributed by atoms with Crippen LogP contribution in [0.2, 0.25) is 0 Å². The van der Waals surface area contributed by atoms with Gasteiger partial charge in [-0.3, -0.25) is 5.32 Å². The number of carboxylic acid groups (broad SMARTS) is 1. The predicted octanol–water partition coefficient (Wildman–Crippen LogP) is 2.15. The van der Waals surface area contributed by atoms with E-state index < -0.39 is 30.1 Å². The molecule has 0 radical (unpaired) electrons. The third-order valence-corrected chi connectivity index (χ3v) is 5.39. The molecule has 4 N–H and O–H groups in total. The number of amides is 2. The molecular formula is C17H24N2O6S. The van der Waals surface area contributed by atoms with E-state index in [9.17, 15) is 19.5 Å². The van der Waals surface area contributed by atoms with E-state index in [0.29, 0.717) is 10.6 Å². The van der Waals surface area contributed by atoms with Gasteiger partial charge in [0.25, 0.3) is 0 Å². The number of hydrogen-bond donors (Lipinski definition) is 4. The Morgan fingerprint density at radius 2 is 1.92 bits per heavy atom. The van der Waals surface area contributed by atoms with E-state index in [-0.39, 0.29) is 6.61 Å². The molecule has 0 bridgehead atoms. The number of aryl methyl sites for hydroxylation is 1. The van der Waals surface area contributed by atoms with Gasteiger partial charge in [0.05, 0.1) is 18.7 Å². The Morgan fingerprint density at radius 1 is 1.23 bits per heavy atom. The van der Waals surface area contributed by atoms with Crippen LogP contribution >= 0.6 is 11.3 Å². The molecule has 2 rings (SSSR count). The highest BCUT2D eigenvalue weighted by Crippen LogP contribution is 2.37. The second-order valence-electron chi connectivity index (χ2n) is 6.38. The summed E-state index contributed by atoms with van der Waals surface area (Å²) in [6.07, 6.45) is 4.71. The van der Waals surface area contributed by atoms with Gasteiger partial charge in [-0.25, -0.2) is 14.4 Å². The first-order chi connectivity index (χ1) is 12.3. The van der Waals surface area contributed by atoms with Crippen molar-refractivity contribution in [1.29, 1.82) is 0 Å². The van der Waals surface area contributed by atoms with Crippen LogP contribution in [0.25, 0.3) is 0 Å². The Morgan fingerprint density at radius 3 is 2.58 bits per heavy atom. The molecule has 0 aliphatic heterocycles. The lowest BCUT2D eigenvalue weighted by atomic mass is 10.1. The first-order valence-electron chi connectivity index (χ1n) is 8.58. The Labute approximate surface area is 155 Å². The van der Waals surface area contributed by atoms with E-state index in [1.54, 1.807) is 6.92 Å². The van der Waals surface area contributed by atoms with Crippen LogP contribution in [0.4, 0.5) is 9.80 Å². The fourth-order valence-electron chi connectivity index (χ4n) is 2.73. The molecule has 2 amide bonds. The van der Waals surface area contributed by atoms with Crippen molar-refractivity contribution in [3.8, 4) is 0 Å². The number of nitrogens with one attached hydrogen (secondary N) is 2. The van der Waals surface area contributed by atoms with Gasteiger partial charge in [0.15, 0.2) is 5.60 Å². The lowest BCUT2D eigenvalue weighted by Gasteiger charge is -2.18. The highest BCUT2D eigenvalue weighted by molar-refractivity contribution is 7.17. The van der Waals surface area contributed by atoms with Gasteiger partial charge < -0.3 is 20.3 Å². The third-order valence-electron chi connectivity index (χ3n) is 4.18. The molecule has 1 aromatic rings. The van der Waals surface area contributed by atoms with Gasteiger partial charge in [0.1, 0.15) is 5.00 Å². The van der Waals surface area contributed by atoms with Crippen molar-refractivity contribution >= 4 is 34.3 Å². The van der Waals surface area contributed by atoms with Gasteiger partial charge in [-0.1, -0.05) is 6.42 Å². The largest absolute Gasteiger partial charge is 0.479 e.